The average Bonchev–Trinajstić information content (AvgIpc) is 2.69. The fourth-order valence-corrected chi connectivity index (χ4v) is 5.12. The number of nitrogens with zero attached hydrogens (tertiary/aromatic N) is 2. The number of hydrogen-bond acceptors (Lipinski definition) is 4. The molecule has 0 radical (unpaired) electrons. The second-order valence-electron chi connectivity index (χ2n) is 7.30. The molecule has 0 spiro atoms. The molecule has 162 valence electrons. The van der Waals surface area contributed by atoms with Crippen molar-refractivity contribution in [2.24, 2.45) is 5.92 Å². The SMILES string of the molecule is CN(C)c1ccc(Cl)cc1NC(=O)C1CCN(S(=O)(=O)c2cc(F)ccc2F)CC1. The fourth-order valence-electron chi connectivity index (χ4n) is 3.41. The Morgan fingerprint density at radius 3 is 2.43 bits per heavy atom. The summed E-state index contributed by atoms with van der Waals surface area (Å²) in [7, 11) is -0.502. The lowest BCUT2D eigenvalue weighted by Gasteiger charge is -2.31. The molecule has 1 N–H and O–H groups in total. The van der Waals surface area contributed by atoms with Crippen molar-refractivity contribution in [3.05, 3.63) is 53.1 Å². The molecule has 1 heterocycles. The van der Waals surface area contributed by atoms with E-state index in [1.807, 2.05) is 19.0 Å². The van der Waals surface area contributed by atoms with Crippen LogP contribution in [0.1, 0.15) is 12.8 Å². The van der Waals surface area contributed by atoms with E-state index in [2.05, 4.69) is 5.32 Å². The van der Waals surface area contributed by atoms with Crippen molar-refractivity contribution in [2.45, 2.75) is 17.7 Å². The van der Waals surface area contributed by atoms with Crippen molar-refractivity contribution in [2.75, 3.05) is 37.4 Å². The minimum Gasteiger partial charge on any atom is -0.376 e. The number of piperidine rings is 1. The van der Waals surface area contributed by atoms with Crippen molar-refractivity contribution < 1.29 is 22.0 Å². The predicted octanol–water partition coefficient (Wildman–Crippen LogP) is 3.72. The van der Waals surface area contributed by atoms with Gasteiger partial charge in [-0.1, -0.05) is 11.6 Å². The summed E-state index contributed by atoms with van der Waals surface area (Å²) in [5, 5.41) is 3.34. The highest BCUT2D eigenvalue weighted by Crippen LogP contribution is 2.30. The molecule has 1 aliphatic heterocycles. The summed E-state index contributed by atoms with van der Waals surface area (Å²) >= 11 is 6.04. The number of halogens is 3. The van der Waals surface area contributed by atoms with Gasteiger partial charge in [-0.25, -0.2) is 17.2 Å². The van der Waals surface area contributed by atoms with Gasteiger partial charge in [-0.05, 0) is 49.2 Å². The highest BCUT2D eigenvalue weighted by molar-refractivity contribution is 7.89. The lowest BCUT2D eigenvalue weighted by molar-refractivity contribution is -0.120. The Labute approximate surface area is 179 Å². The molecular formula is C20H22ClF2N3O3S. The second kappa shape index (κ2) is 8.87. The number of carbonyl (C=O) groups excluding carboxylic acids is 1. The summed E-state index contributed by atoms with van der Waals surface area (Å²) in [5.74, 6) is -2.49. The van der Waals surface area contributed by atoms with Crippen LogP contribution in [0, 0.1) is 17.6 Å². The standard InChI is InChI=1S/C20H22ClF2N3O3S/c1-25(2)18-6-3-14(21)11-17(18)24-20(27)13-7-9-26(10-8-13)30(28,29)19-12-15(22)4-5-16(19)23/h3-6,11-13H,7-10H2,1-2H3,(H,24,27). The van der Waals surface area contributed by atoms with E-state index < -0.39 is 32.5 Å². The summed E-state index contributed by atoms with van der Waals surface area (Å²) in [5.41, 5.74) is 1.35. The topological polar surface area (TPSA) is 69.7 Å². The van der Waals surface area contributed by atoms with Crippen LogP contribution in [0.15, 0.2) is 41.3 Å². The van der Waals surface area contributed by atoms with Crippen LogP contribution >= 0.6 is 11.6 Å². The van der Waals surface area contributed by atoms with Crippen molar-refractivity contribution in [1.29, 1.82) is 0 Å². The van der Waals surface area contributed by atoms with E-state index in [1.165, 1.54) is 0 Å². The lowest BCUT2D eigenvalue weighted by atomic mass is 9.97. The number of hydrogen-bond donors (Lipinski definition) is 1. The first-order valence-electron chi connectivity index (χ1n) is 9.32. The number of sulfonamides is 1. The molecule has 6 nitrogen and oxygen atoms in total. The van der Waals surface area contributed by atoms with Crippen LogP contribution in [0.3, 0.4) is 0 Å². The maximum absolute atomic E-state index is 14.0. The summed E-state index contributed by atoms with van der Waals surface area (Å²) in [6, 6.07) is 7.49. The van der Waals surface area contributed by atoms with Crippen molar-refractivity contribution in [3.63, 3.8) is 0 Å². The molecule has 2 aromatic carbocycles. The third kappa shape index (κ3) is 4.74. The largest absolute Gasteiger partial charge is 0.376 e. The highest BCUT2D eigenvalue weighted by atomic mass is 35.5. The zero-order valence-corrected chi connectivity index (χ0v) is 18.1. The number of anilines is 2. The van der Waals surface area contributed by atoms with Gasteiger partial charge in [0.2, 0.25) is 15.9 Å². The number of nitrogens with one attached hydrogen (secondary N) is 1. The monoisotopic (exact) mass is 457 g/mol. The van der Waals surface area contributed by atoms with Crippen LogP contribution in [0.25, 0.3) is 0 Å². The molecule has 1 amide bonds. The van der Waals surface area contributed by atoms with Gasteiger partial charge in [0.25, 0.3) is 0 Å². The zero-order valence-electron chi connectivity index (χ0n) is 16.5. The minimum atomic E-state index is -4.18. The molecule has 2 aromatic rings. The Morgan fingerprint density at radius 1 is 1.13 bits per heavy atom. The predicted molar refractivity (Wildman–Crippen MR) is 112 cm³/mol. The molecule has 1 saturated heterocycles. The van der Waals surface area contributed by atoms with E-state index in [9.17, 15) is 22.0 Å². The van der Waals surface area contributed by atoms with Gasteiger partial charge < -0.3 is 10.2 Å². The van der Waals surface area contributed by atoms with E-state index in [0.717, 1.165) is 22.1 Å². The van der Waals surface area contributed by atoms with Crippen LogP contribution < -0.4 is 10.2 Å². The van der Waals surface area contributed by atoms with Crippen molar-refractivity contribution >= 4 is 38.9 Å². The molecule has 0 atom stereocenters. The number of rotatable bonds is 5. The third-order valence-electron chi connectivity index (χ3n) is 5.03. The number of carbonyl (C=O) groups is 1. The molecule has 0 unspecified atom stereocenters. The summed E-state index contributed by atoms with van der Waals surface area (Å²) in [6.07, 6.45) is 0.528. The lowest BCUT2D eigenvalue weighted by Crippen LogP contribution is -2.41. The van der Waals surface area contributed by atoms with E-state index in [4.69, 9.17) is 11.6 Å². The van der Waals surface area contributed by atoms with E-state index in [1.54, 1.807) is 18.2 Å². The van der Waals surface area contributed by atoms with Gasteiger partial charge >= 0.3 is 0 Å². The fraction of sp³-hybridized carbons (Fsp3) is 0.350. The van der Waals surface area contributed by atoms with Gasteiger partial charge in [0.15, 0.2) is 0 Å². The van der Waals surface area contributed by atoms with Gasteiger partial charge in [0.1, 0.15) is 16.5 Å². The van der Waals surface area contributed by atoms with Crippen LogP contribution in [0.2, 0.25) is 5.02 Å². The van der Waals surface area contributed by atoms with Gasteiger partial charge in [-0.3, -0.25) is 4.79 Å². The van der Waals surface area contributed by atoms with Crippen LogP contribution in [0.5, 0.6) is 0 Å². The number of amides is 1. The maximum Gasteiger partial charge on any atom is 0.246 e. The van der Waals surface area contributed by atoms with Crippen molar-refractivity contribution in [3.8, 4) is 0 Å². The van der Waals surface area contributed by atoms with Gasteiger partial charge in [-0.15, -0.1) is 0 Å². The molecule has 0 aromatic heterocycles. The minimum absolute atomic E-state index is 0.0342. The second-order valence-corrected chi connectivity index (χ2v) is 9.64. The molecule has 0 bridgehead atoms. The Kier molecular flexibility index (Phi) is 6.64. The van der Waals surface area contributed by atoms with Crippen molar-refractivity contribution in [1.82, 2.24) is 4.31 Å². The Hall–Kier alpha value is -2.23. The van der Waals surface area contributed by atoms with Gasteiger partial charge in [0.05, 0.1) is 11.4 Å². The van der Waals surface area contributed by atoms with Crippen LogP contribution in [-0.4, -0.2) is 45.8 Å². The van der Waals surface area contributed by atoms with E-state index >= 15 is 0 Å². The smallest absolute Gasteiger partial charge is 0.246 e. The molecule has 30 heavy (non-hydrogen) atoms. The number of benzene rings is 2. The first-order valence-corrected chi connectivity index (χ1v) is 11.1. The Balaban J connectivity index is 1.69. The molecule has 0 saturated carbocycles. The highest BCUT2D eigenvalue weighted by Gasteiger charge is 2.34. The molecule has 10 heteroatoms. The molecule has 0 aliphatic carbocycles. The summed E-state index contributed by atoms with van der Waals surface area (Å²) in [4.78, 5) is 13.9. The first kappa shape index (κ1) is 22.5. The van der Waals surface area contributed by atoms with Gasteiger partial charge in [0, 0.05) is 38.1 Å². The van der Waals surface area contributed by atoms with Gasteiger partial charge in [-0.2, -0.15) is 4.31 Å². The van der Waals surface area contributed by atoms with E-state index in [0.29, 0.717) is 16.8 Å². The third-order valence-corrected chi connectivity index (χ3v) is 7.18. The summed E-state index contributed by atoms with van der Waals surface area (Å²) < 4.78 is 53.8. The van der Waals surface area contributed by atoms with Crippen LogP contribution in [-0.2, 0) is 14.8 Å². The van der Waals surface area contributed by atoms with E-state index in [-0.39, 0.29) is 31.8 Å². The first-order chi connectivity index (χ1) is 14.1. The normalized spacial score (nSPS) is 15.8. The Bertz CT molecular complexity index is 1060. The zero-order chi connectivity index (χ0) is 22.1. The summed E-state index contributed by atoms with van der Waals surface area (Å²) in [6.45, 7) is 0.0684. The molecule has 3 rings (SSSR count). The molecular weight excluding hydrogens is 436 g/mol. The maximum atomic E-state index is 14.0. The van der Waals surface area contributed by atoms with Crippen LogP contribution in [0.4, 0.5) is 20.2 Å². The average molecular weight is 458 g/mol. The Morgan fingerprint density at radius 2 is 1.80 bits per heavy atom. The molecule has 1 fully saturated rings. The molecule has 1 aliphatic rings. The quantitative estimate of drug-likeness (QED) is 0.742.